The molecule has 0 amide bonds. The van der Waals surface area contributed by atoms with Crippen molar-refractivity contribution < 1.29 is 9.90 Å². The van der Waals surface area contributed by atoms with E-state index in [4.69, 9.17) is 0 Å². The Morgan fingerprint density at radius 2 is 1.95 bits per heavy atom. The lowest BCUT2D eigenvalue weighted by atomic mass is 9.76. The predicted octanol–water partition coefficient (Wildman–Crippen LogP) is 3.46. The molecule has 0 atom stereocenters. The second-order valence-corrected chi connectivity index (χ2v) is 6.44. The molecule has 1 fully saturated rings. The fraction of sp³-hybridized carbons (Fsp3) is 0.714. The van der Waals surface area contributed by atoms with Crippen LogP contribution in [-0.2, 0) is 18.3 Å². The minimum atomic E-state index is -0.653. The van der Waals surface area contributed by atoms with Gasteiger partial charge in [0.15, 0.2) is 0 Å². The molecule has 5 heteroatoms. The van der Waals surface area contributed by atoms with Gasteiger partial charge in [0.2, 0.25) is 0 Å². The van der Waals surface area contributed by atoms with Crippen LogP contribution in [0.1, 0.15) is 49.9 Å². The van der Waals surface area contributed by atoms with Crippen LogP contribution in [0.5, 0.6) is 0 Å². The van der Waals surface area contributed by atoms with Crippen LogP contribution in [0.3, 0.4) is 0 Å². The van der Waals surface area contributed by atoms with Crippen LogP contribution in [0, 0.1) is 12.3 Å². The average Bonchev–Trinajstić information content (AvgIpc) is 2.58. The first-order valence-electron chi connectivity index (χ1n) is 6.88. The number of aryl methyl sites for hydroxylation is 2. The molecule has 1 N–H and O–H groups in total. The second-order valence-electron chi connectivity index (χ2n) is 5.65. The SMILES string of the molecule is Cc1nn(C)c(CC2(C(=O)O)CCCCCC2)c1Br. The third-order valence-electron chi connectivity index (χ3n) is 4.28. The van der Waals surface area contributed by atoms with Gasteiger partial charge in [-0.2, -0.15) is 5.10 Å². The van der Waals surface area contributed by atoms with E-state index in [0.29, 0.717) is 6.42 Å². The molecule has 2 rings (SSSR count). The van der Waals surface area contributed by atoms with Crippen molar-refractivity contribution in [3.8, 4) is 0 Å². The first kappa shape index (κ1) is 14.6. The summed E-state index contributed by atoms with van der Waals surface area (Å²) in [5, 5.41) is 14.1. The van der Waals surface area contributed by atoms with Crippen molar-refractivity contribution in [1.82, 2.24) is 9.78 Å². The molecule has 0 saturated heterocycles. The zero-order valence-electron chi connectivity index (χ0n) is 11.6. The minimum Gasteiger partial charge on any atom is -0.481 e. The summed E-state index contributed by atoms with van der Waals surface area (Å²) in [6.07, 6.45) is 6.46. The summed E-state index contributed by atoms with van der Waals surface area (Å²) in [5.41, 5.74) is 1.31. The Hall–Kier alpha value is -0.840. The molecule has 19 heavy (non-hydrogen) atoms. The highest BCUT2D eigenvalue weighted by molar-refractivity contribution is 9.10. The monoisotopic (exact) mass is 328 g/mol. The topological polar surface area (TPSA) is 55.1 Å². The van der Waals surface area contributed by atoms with Crippen LogP contribution in [0.2, 0.25) is 0 Å². The van der Waals surface area contributed by atoms with Gasteiger partial charge in [-0.05, 0) is 35.7 Å². The maximum Gasteiger partial charge on any atom is 0.310 e. The Morgan fingerprint density at radius 3 is 2.37 bits per heavy atom. The van der Waals surface area contributed by atoms with Crippen LogP contribution >= 0.6 is 15.9 Å². The summed E-state index contributed by atoms with van der Waals surface area (Å²) in [6, 6.07) is 0. The fourth-order valence-corrected chi connectivity index (χ4v) is 3.54. The van der Waals surface area contributed by atoms with Gasteiger partial charge in [0.25, 0.3) is 0 Å². The highest BCUT2D eigenvalue weighted by Crippen LogP contribution is 2.40. The maximum atomic E-state index is 11.8. The second kappa shape index (κ2) is 5.65. The summed E-state index contributed by atoms with van der Waals surface area (Å²) in [5.74, 6) is -0.653. The summed E-state index contributed by atoms with van der Waals surface area (Å²) >= 11 is 3.54. The summed E-state index contributed by atoms with van der Waals surface area (Å²) in [6.45, 7) is 1.94. The quantitative estimate of drug-likeness (QED) is 0.864. The highest BCUT2D eigenvalue weighted by atomic mass is 79.9. The van der Waals surface area contributed by atoms with E-state index < -0.39 is 11.4 Å². The molecule has 106 valence electrons. The fourth-order valence-electron chi connectivity index (χ4n) is 3.06. The summed E-state index contributed by atoms with van der Waals surface area (Å²) in [4.78, 5) is 11.8. The van der Waals surface area contributed by atoms with E-state index in [1.165, 1.54) is 0 Å². The maximum absolute atomic E-state index is 11.8. The summed E-state index contributed by atoms with van der Waals surface area (Å²) in [7, 11) is 1.89. The molecule has 1 heterocycles. The van der Waals surface area contributed by atoms with Gasteiger partial charge in [-0.1, -0.05) is 25.7 Å². The van der Waals surface area contributed by atoms with Crippen molar-refractivity contribution in [3.63, 3.8) is 0 Å². The first-order chi connectivity index (χ1) is 8.96. The molecule has 4 nitrogen and oxygen atoms in total. The van der Waals surface area contributed by atoms with Crippen molar-refractivity contribution in [2.75, 3.05) is 0 Å². The van der Waals surface area contributed by atoms with Gasteiger partial charge in [-0.3, -0.25) is 9.48 Å². The Bertz CT molecular complexity index is 474. The average molecular weight is 329 g/mol. The smallest absolute Gasteiger partial charge is 0.310 e. The van der Waals surface area contributed by atoms with E-state index in [-0.39, 0.29) is 0 Å². The molecule has 0 aliphatic heterocycles. The Morgan fingerprint density at radius 1 is 1.37 bits per heavy atom. The van der Waals surface area contributed by atoms with E-state index in [9.17, 15) is 9.90 Å². The zero-order valence-corrected chi connectivity index (χ0v) is 13.2. The van der Waals surface area contributed by atoms with Gasteiger partial charge in [0.1, 0.15) is 0 Å². The lowest BCUT2D eigenvalue weighted by Gasteiger charge is -2.28. The molecule has 1 saturated carbocycles. The van der Waals surface area contributed by atoms with E-state index in [0.717, 1.165) is 54.4 Å². The number of nitrogens with zero attached hydrogens (tertiary/aromatic N) is 2. The van der Waals surface area contributed by atoms with Gasteiger partial charge >= 0.3 is 5.97 Å². The van der Waals surface area contributed by atoms with Crippen molar-refractivity contribution in [2.45, 2.75) is 51.9 Å². The van der Waals surface area contributed by atoms with E-state index >= 15 is 0 Å². The van der Waals surface area contributed by atoms with E-state index in [1.807, 2.05) is 18.7 Å². The minimum absolute atomic E-state index is 0.570. The molecule has 0 bridgehead atoms. The molecular formula is C14H21BrN2O2. The van der Waals surface area contributed by atoms with Gasteiger partial charge in [0, 0.05) is 13.5 Å². The Balaban J connectivity index is 2.32. The van der Waals surface area contributed by atoms with Crippen LogP contribution in [0.15, 0.2) is 4.47 Å². The van der Waals surface area contributed by atoms with Gasteiger partial charge in [-0.15, -0.1) is 0 Å². The number of aromatic nitrogens is 2. The summed E-state index contributed by atoms with van der Waals surface area (Å²) < 4.78 is 2.77. The Labute approximate surface area is 122 Å². The number of carboxylic acid groups (broad SMARTS) is 1. The van der Waals surface area contributed by atoms with Crippen molar-refractivity contribution in [3.05, 3.63) is 15.9 Å². The predicted molar refractivity (Wildman–Crippen MR) is 77.1 cm³/mol. The van der Waals surface area contributed by atoms with Crippen LogP contribution in [0.25, 0.3) is 0 Å². The lowest BCUT2D eigenvalue weighted by molar-refractivity contribution is -0.150. The van der Waals surface area contributed by atoms with Crippen LogP contribution < -0.4 is 0 Å². The normalized spacial score (nSPS) is 19.1. The molecule has 0 spiro atoms. The largest absolute Gasteiger partial charge is 0.481 e. The molecule has 0 radical (unpaired) electrons. The highest BCUT2D eigenvalue weighted by Gasteiger charge is 2.40. The molecule has 1 aromatic heterocycles. The number of hydrogen-bond acceptors (Lipinski definition) is 2. The Kier molecular flexibility index (Phi) is 4.33. The molecule has 0 unspecified atom stereocenters. The van der Waals surface area contributed by atoms with Crippen LogP contribution in [0.4, 0.5) is 0 Å². The van der Waals surface area contributed by atoms with Crippen molar-refractivity contribution >= 4 is 21.9 Å². The van der Waals surface area contributed by atoms with Gasteiger partial charge < -0.3 is 5.11 Å². The van der Waals surface area contributed by atoms with Gasteiger partial charge in [-0.25, -0.2) is 0 Å². The standard InChI is InChI=1S/C14H21BrN2O2/c1-10-12(15)11(17(2)16-10)9-14(13(18)19)7-5-3-4-6-8-14/h3-9H2,1-2H3,(H,18,19). The van der Waals surface area contributed by atoms with E-state index in [2.05, 4.69) is 21.0 Å². The van der Waals surface area contributed by atoms with E-state index in [1.54, 1.807) is 0 Å². The molecule has 1 aliphatic carbocycles. The van der Waals surface area contributed by atoms with Crippen molar-refractivity contribution in [1.29, 1.82) is 0 Å². The third kappa shape index (κ3) is 2.86. The molecule has 1 aromatic rings. The van der Waals surface area contributed by atoms with Crippen molar-refractivity contribution in [2.24, 2.45) is 12.5 Å². The third-order valence-corrected chi connectivity index (χ3v) is 5.31. The number of aliphatic carboxylic acids is 1. The number of hydrogen-bond donors (Lipinski definition) is 1. The number of carbonyl (C=O) groups is 1. The number of rotatable bonds is 3. The number of halogens is 1. The molecule has 1 aliphatic rings. The number of carboxylic acids is 1. The zero-order chi connectivity index (χ0) is 14.0. The molecule has 0 aromatic carbocycles. The van der Waals surface area contributed by atoms with Gasteiger partial charge in [0.05, 0.1) is 21.3 Å². The molecular weight excluding hydrogens is 308 g/mol. The first-order valence-corrected chi connectivity index (χ1v) is 7.67. The van der Waals surface area contributed by atoms with Crippen LogP contribution in [-0.4, -0.2) is 20.9 Å². The lowest BCUT2D eigenvalue weighted by Crippen LogP contribution is -2.33.